The van der Waals surface area contributed by atoms with Gasteiger partial charge in [0.2, 0.25) is 5.88 Å². The standard InChI is InChI=1S/C16H28N2O2/c1-5-7-17-12-14-10-15(13(2)3)18-16(11-14)20-9-6-8-19-4/h10-11,13,17H,5-9,12H2,1-4H3. The van der Waals surface area contributed by atoms with Gasteiger partial charge < -0.3 is 14.8 Å². The zero-order valence-corrected chi connectivity index (χ0v) is 13.2. The fourth-order valence-corrected chi connectivity index (χ4v) is 1.84. The van der Waals surface area contributed by atoms with E-state index in [1.165, 1.54) is 5.56 Å². The number of nitrogens with one attached hydrogen (secondary N) is 1. The molecule has 0 unspecified atom stereocenters. The lowest BCUT2D eigenvalue weighted by atomic mass is 10.1. The predicted molar refractivity (Wildman–Crippen MR) is 82.3 cm³/mol. The summed E-state index contributed by atoms with van der Waals surface area (Å²) in [6.07, 6.45) is 2.02. The molecule has 0 spiro atoms. The molecule has 0 aliphatic heterocycles. The number of rotatable bonds is 10. The summed E-state index contributed by atoms with van der Waals surface area (Å²) in [5, 5.41) is 3.42. The van der Waals surface area contributed by atoms with Crippen LogP contribution < -0.4 is 10.1 Å². The van der Waals surface area contributed by atoms with Gasteiger partial charge in [-0.15, -0.1) is 0 Å². The van der Waals surface area contributed by atoms with Gasteiger partial charge in [0.15, 0.2) is 0 Å². The summed E-state index contributed by atoms with van der Waals surface area (Å²) >= 11 is 0. The molecule has 0 aromatic carbocycles. The van der Waals surface area contributed by atoms with E-state index in [-0.39, 0.29) is 0 Å². The van der Waals surface area contributed by atoms with Crippen molar-refractivity contribution in [3.05, 3.63) is 23.4 Å². The fourth-order valence-electron chi connectivity index (χ4n) is 1.84. The number of hydrogen-bond acceptors (Lipinski definition) is 4. The van der Waals surface area contributed by atoms with Gasteiger partial charge in [0.05, 0.1) is 6.61 Å². The second kappa shape index (κ2) is 9.72. The van der Waals surface area contributed by atoms with Gasteiger partial charge in [0.1, 0.15) is 0 Å². The quantitative estimate of drug-likeness (QED) is 0.669. The van der Waals surface area contributed by atoms with Crippen LogP contribution in [0, 0.1) is 0 Å². The maximum absolute atomic E-state index is 5.73. The number of hydrogen-bond donors (Lipinski definition) is 1. The maximum Gasteiger partial charge on any atom is 0.213 e. The van der Waals surface area contributed by atoms with Gasteiger partial charge in [-0.25, -0.2) is 4.98 Å². The van der Waals surface area contributed by atoms with Crippen molar-refractivity contribution < 1.29 is 9.47 Å². The molecule has 4 nitrogen and oxygen atoms in total. The van der Waals surface area contributed by atoms with Crippen molar-refractivity contribution in [2.45, 2.75) is 46.1 Å². The first-order valence-corrected chi connectivity index (χ1v) is 7.50. The first-order valence-electron chi connectivity index (χ1n) is 7.50. The number of pyridine rings is 1. The van der Waals surface area contributed by atoms with E-state index in [0.717, 1.165) is 44.1 Å². The zero-order chi connectivity index (χ0) is 14.8. The van der Waals surface area contributed by atoms with Crippen molar-refractivity contribution >= 4 is 0 Å². The minimum absolute atomic E-state index is 0.405. The number of ether oxygens (including phenoxy) is 2. The smallest absolute Gasteiger partial charge is 0.213 e. The lowest BCUT2D eigenvalue weighted by Gasteiger charge is -2.12. The molecule has 0 aliphatic carbocycles. The summed E-state index contributed by atoms with van der Waals surface area (Å²) in [4.78, 5) is 4.57. The Bertz CT molecular complexity index is 381. The Morgan fingerprint density at radius 3 is 2.70 bits per heavy atom. The van der Waals surface area contributed by atoms with Crippen molar-refractivity contribution in [1.29, 1.82) is 0 Å². The molecule has 1 N–H and O–H groups in total. The minimum atomic E-state index is 0.405. The number of nitrogens with zero attached hydrogens (tertiary/aromatic N) is 1. The summed E-state index contributed by atoms with van der Waals surface area (Å²) in [6, 6.07) is 4.19. The Hall–Kier alpha value is -1.13. The van der Waals surface area contributed by atoms with Gasteiger partial charge in [-0.05, 0) is 30.5 Å². The van der Waals surface area contributed by atoms with Crippen LogP contribution in [0.4, 0.5) is 0 Å². The van der Waals surface area contributed by atoms with Crippen LogP contribution in [0.1, 0.15) is 50.8 Å². The van der Waals surface area contributed by atoms with E-state index < -0.39 is 0 Å². The van der Waals surface area contributed by atoms with Crippen LogP contribution in [0.5, 0.6) is 5.88 Å². The molecule has 0 fully saturated rings. The lowest BCUT2D eigenvalue weighted by molar-refractivity contribution is 0.170. The van der Waals surface area contributed by atoms with Gasteiger partial charge in [0.25, 0.3) is 0 Å². The molecule has 0 atom stereocenters. The largest absolute Gasteiger partial charge is 0.478 e. The van der Waals surface area contributed by atoms with Crippen molar-refractivity contribution in [3.8, 4) is 5.88 Å². The monoisotopic (exact) mass is 280 g/mol. The van der Waals surface area contributed by atoms with E-state index >= 15 is 0 Å². The highest BCUT2D eigenvalue weighted by Gasteiger charge is 2.07. The maximum atomic E-state index is 5.73. The van der Waals surface area contributed by atoms with Crippen molar-refractivity contribution in [1.82, 2.24) is 10.3 Å². The first kappa shape index (κ1) is 16.9. The zero-order valence-electron chi connectivity index (χ0n) is 13.2. The van der Waals surface area contributed by atoms with Crippen molar-refractivity contribution in [2.24, 2.45) is 0 Å². The van der Waals surface area contributed by atoms with Crippen LogP contribution in [0.3, 0.4) is 0 Å². The molecule has 0 bridgehead atoms. The average Bonchev–Trinajstić information content (AvgIpc) is 2.44. The highest BCUT2D eigenvalue weighted by molar-refractivity contribution is 5.26. The van der Waals surface area contributed by atoms with Crippen molar-refractivity contribution in [3.63, 3.8) is 0 Å². The average molecular weight is 280 g/mol. The Kier molecular flexibility index (Phi) is 8.23. The van der Waals surface area contributed by atoms with Crippen LogP contribution in [0.2, 0.25) is 0 Å². The summed E-state index contributed by atoms with van der Waals surface area (Å²) in [7, 11) is 1.70. The predicted octanol–water partition coefficient (Wildman–Crippen LogP) is 3.12. The Balaban J connectivity index is 2.66. The van der Waals surface area contributed by atoms with Crippen LogP contribution in [0.15, 0.2) is 12.1 Å². The molecule has 114 valence electrons. The molecule has 1 aromatic rings. The van der Waals surface area contributed by atoms with Gasteiger partial charge in [-0.2, -0.15) is 0 Å². The van der Waals surface area contributed by atoms with E-state index in [2.05, 4.69) is 37.1 Å². The molecule has 20 heavy (non-hydrogen) atoms. The van der Waals surface area contributed by atoms with Crippen LogP contribution in [-0.2, 0) is 11.3 Å². The molecule has 1 rings (SSSR count). The van der Waals surface area contributed by atoms with Crippen LogP contribution >= 0.6 is 0 Å². The fraction of sp³-hybridized carbons (Fsp3) is 0.688. The summed E-state index contributed by atoms with van der Waals surface area (Å²) in [5.74, 6) is 1.13. The van der Waals surface area contributed by atoms with E-state index in [4.69, 9.17) is 9.47 Å². The normalized spacial score (nSPS) is 11.1. The second-order valence-corrected chi connectivity index (χ2v) is 5.26. The molecule has 0 saturated heterocycles. The molecule has 0 radical (unpaired) electrons. The second-order valence-electron chi connectivity index (χ2n) is 5.26. The molecular weight excluding hydrogens is 252 g/mol. The third-order valence-electron chi connectivity index (χ3n) is 2.97. The molecule has 1 aromatic heterocycles. The minimum Gasteiger partial charge on any atom is -0.478 e. The van der Waals surface area contributed by atoms with Gasteiger partial charge >= 0.3 is 0 Å². The summed E-state index contributed by atoms with van der Waals surface area (Å²) in [5.41, 5.74) is 2.32. The highest BCUT2D eigenvalue weighted by Crippen LogP contribution is 2.19. The lowest BCUT2D eigenvalue weighted by Crippen LogP contribution is -2.14. The summed E-state index contributed by atoms with van der Waals surface area (Å²) < 4.78 is 10.7. The van der Waals surface area contributed by atoms with Crippen molar-refractivity contribution in [2.75, 3.05) is 26.9 Å². The van der Waals surface area contributed by atoms with E-state index in [1.807, 2.05) is 6.07 Å². The van der Waals surface area contributed by atoms with Gasteiger partial charge in [0, 0.05) is 38.4 Å². The topological polar surface area (TPSA) is 43.4 Å². The third kappa shape index (κ3) is 6.35. The Morgan fingerprint density at radius 1 is 1.25 bits per heavy atom. The van der Waals surface area contributed by atoms with Gasteiger partial charge in [-0.1, -0.05) is 20.8 Å². The molecule has 0 aliphatic rings. The SMILES string of the molecule is CCCNCc1cc(OCCCOC)nc(C(C)C)c1. The molecule has 0 amide bonds. The first-order chi connectivity index (χ1) is 9.67. The van der Waals surface area contributed by atoms with E-state index in [1.54, 1.807) is 7.11 Å². The third-order valence-corrected chi connectivity index (χ3v) is 2.97. The van der Waals surface area contributed by atoms with E-state index in [9.17, 15) is 0 Å². The van der Waals surface area contributed by atoms with Crippen LogP contribution in [0.25, 0.3) is 0 Å². The molecular formula is C16H28N2O2. The number of methoxy groups -OCH3 is 1. The van der Waals surface area contributed by atoms with E-state index in [0.29, 0.717) is 12.5 Å². The molecule has 4 heteroatoms. The molecule has 0 saturated carbocycles. The highest BCUT2D eigenvalue weighted by atomic mass is 16.5. The Morgan fingerprint density at radius 2 is 2.05 bits per heavy atom. The van der Waals surface area contributed by atoms with Gasteiger partial charge in [-0.3, -0.25) is 0 Å². The Labute approximate surface area is 122 Å². The molecule has 1 heterocycles. The number of aromatic nitrogens is 1. The summed E-state index contributed by atoms with van der Waals surface area (Å²) in [6.45, 7) is 9.73. The van der Waals surface area contributed by atoms with Crippen LogP contribution in [-0.4, -0.2) is 31.9 Å².